The molecule has 1 N–H and O–H groups in total. The highest BCUT2D eigenvalue weighted by molar-refractivity contribution is 7.80. The molecule has 0 aliphatic rings. The Hall–Kier alpha value is -0.750. The van der Waals surface area contributed by atoms with E-state index in [2.05, 4.69) is 17.9 Å². The molecule has 1 unspecified atom stereocenters. The third-order valence-corrected chi connectivity index (χ3v) is 2.13. The van der Waals surface area contributed by atoms with E-state index in [1.807, 2.05) is 13.8 Å². The van der Waals surface area contributed by atoms with E-state index in [9.17, 15) is 9.59 Å². The zero-order chi connectivity index (χ0) is 13.3. The standard InChI is InChI=1S/C11H21NO4S/c1-8(2)6-15-4-5-16-11(14)10(7-17)12-9(3)13/h8,10,17H,4-7H2,1-3H3,(H,12,13). The Morgan fingerprint density at radius 2 is 1.94 bits per heavy atom. The number of hydrogen-bond acceptors (Lipinski definition) is 5. The van der Waals surface area contributed by atoms with E-state index in [-0.39, 0.29) is 18.3 Å². The van der Waals surface area contributed by atoms with Crippen molar-refractivity contribution in [3.8, 4) is 0 Å². The van der Waals surface area contributed by atoms with Gasteiger partial charge in [0.1, 0.15) is 12.6 Å². The summed E-state index contributed by atoms with van der Waals surface area (Å²) in [7, 11) is 0. The molecule has 0 spiro atoms. The third kappa shape index (κ3) is 9.00. The van der Waals surface area contributed by atoms with Gasteiger partial charge in [-0.2, -0.15) is 12.6 Å². The number of hydrogen-bond donors (Lipinski definition) is 2. The molecule has 0 saturated heterocycles. The molecule has 0 aliphatic carbocycles. The fraction of sp³-hybridized carbons (Fsp3) is 0.818. The number of nitrogens with one attached hydrogen (secondary N) is 1. The number of amides is 1. The molecule has 0 fully saturated rings. The van der Waals surface area contributed by atoms with E-state index in [1.165, 1.54) is 6.92 Å². The molecule has 0 saturated carbocycles. The van der Waals surface area contributed by atoms with Crippen LogP contribution in [0.4, 0.5) is 0 Å². The number of carbonyl (C=O) groups excluding carboxylic acids is 2. The summed E-state index contributed by atoms with van der Waals surface area (Å²) in [5.41, 5.74) is 0. The molecule has 0 radical (unpaired) electrons. The maximum atomic E-state index is 11.5. The predicted octanol–water partition coefficient (Wildman–Crippen LogP) is 0.637. The number of carbonyl (C=O) groups is 2. The summed E-state index contributed by atoms with van der Waals surface area (Å²) in [6.45, 7) is 6.62. The molecule has 1 amide bonds. The van der Waals surface area contributed by atoms with Crippen LogP contribution in [-0.4, -0.2) is 43.5 Å². The minimum atomic E-state index is -0.694. The van der Waals surface area contributed by atoms with Crippen LogP contribution in [0, 0.1) is 5.92 Å². The second kappa shape index (κ2) is 9.30. The summed E-state index contributed by atoms with van der Waals surface area (Å²) in [6, 6.07) is -0.694. The lowest BCUT2D eigenvalue weighted by molar-refractivity contribution is -0.148. The summed E-state index contributed by atoms with van der Waals surface area (Å²) >= 11 is 3.97. The van der Waals surface area contributed by atoms with Gasteiger partial charge >= 0.3 is 5.97 Å². The molecule has 0 aromatic carbocycles. The highest BCUT2D eigenvalue weighted by Crippen LogP contribution is 1.95. The molecule has 100 valence electrons. The molecule has 0 rings (SSSR count). The minimum Gasteiger partial charge on any atom is -0.462 e. The van der Waals surface area contributed by atoms with Gasteiger partial charge in [-0.15, -0.1) is 0 Å². The van der Waals surface area contributed by atoms with E-state index in [4.69, 9.17) is 9.47 Å². The largest absolute Gasteiger partial charge is 0.462 e. The number of rotatable bonds is 8. The van der Waals surface area contributed by atoms with Crippen LogP contribution in [0.2, 0.25) is 0 Å². The van der Waals surface area contributed by atoms with Gasteiger partial charge in [0.25, 0.3) is 0 Å². The molecule has 0 aromatic rings. The minimum absolute atomic E-state index is 0.190. The van der Waals surface area contributed by atoms with Crippen LogP contribution in [0.15, 0.2) is 0 Å². The van der Waals surface area contributed by atoms with Gasteiger partial charge in [-0.3, -0.25) is 4.79 Å². The Kier molecular flexibility index (Phi) is 8.89. The summed E-state index contributed by atoms with van der Waals surface area (Å²) in [6.07, 6.45) is 0. The zero-order valence-electron chi connectivity index (χ0n) is 10.6. The van der Waals surface area contributed by atoms with E-state index >= 15 is 0 Å². The Bertz CT molecular complexity index is 246. The van der Waals surface area contributed by atoms with Crippen molar-refractivity contribution in [1.82, 2.24) is 5.32 Å². The topological polar surface area (TPSA) is 64.6 Å². The Labute approximate surface area is 108 Å². The molecule has 0 aliphatic heterocycles. The van der Waals surface area contributed by atoms with Gasteiger partial charge < -0.3 is 14.8 Å². The van der Waals surface area contributed by atoms with Crippen molar-refractivity contribution in [2.24, 2.45) is 5.92 Å². The molecule has 17 heavy (non-hydrogen) atoms. The van der Waals surface area contributed by atoms with Gasteiger partial charge in [0.05, 0.1) is 6.61 Å². The van der Waals surface area contributed by atoms with Gasteiger partial charge in [-0.25, -0.2) is 4.79 Å². The normalized spacial score (nSPS) is 12.3. The zero-order valence-corrected chi connectivity index (χ0v) is 11.5. The quantitative estimate of drug-likeness (QED) is 0.383. The van der Waals surface area contributed by atoms with E-state index < -0.39 is 12.0 Å². The molecular weight excluding hydrogens is 242 g/mol. The van der Waals surface area contributed by atoms with Crippen LogP contribution in [0.1, 0.15) is 20.8 Å². The van der Waals surface area contributed by atoms with Gasteiger partial charge in [0.2, 0.25) is 5.91 Å². The summed E-state index contributed by atoms with van der Waals surface area (Å²) < 4.78 is 10.2. The van der Waals surface area contributed by atoms with Crippen LogP contribution >= 0.6 is 12.6 Å². The first-order chi connectivity index (χ1) is 7.97. The predicted molar refractivity (Wildman–Crippen MR) is 68.1 cm³/mol. The Balaban J connectivity index is 3.72. The highest BCUT2D eigenvalue weighted by atomic mass is 32.1. The molecule has 0 bridgehead atoms. The second-order valence-electron chi connectivity index (χ2n) is 4.07. The fourth-order valence-electron chi connectivity index (χ4n) is 1.05. The van der Waals surface area contributed by atoms with Crippen molar-refractivity contribution in [2.45, 2.75) is 26.8 Å². The van der Waals surface area contributed by atoms with E-state index in [1.54, 1.807) is 0 Å². The summed E-state index contributed by atoms with van der Waals surface area (Å²) in [5.74, 6) is -0.0960. The van der Waals surface area contributed by atoms with Crippen molar-refractivity contribution in [2.75, 3.05) is 25.6 Å². The fourth-order valence-corrected chi connectivity index (χ4v) is 1.29. The van der Waals surface area contributed by atoms with Gasteiger partial charge in [-0.05, 0) is 5.92 Å². The van der Waals surface area contributed by atoms with E-state index in [0.717, 1.165) is 0 Å². The van der Waals surface area contributed by atoms with E-state index in [0.29, 0.717) is 19.1 Å². The third-order valence-electron chi connectivity index (χ3n) is 1.77. The van der Waals surface area contributed by atoms with Crippen molar-refractivity contribution in [3.05, 3.63) is 0 Å². The van der Waals surface area contributed by atoms with Crippen LogP contribution in [-0.2, 0) is 19.1 Å². The number of ether oxygens (including phenoxy) is 2. The van der Waals surface area contributed by atoms with Gasteiger partial charge in [0, 0.05) is 19.3 Å². The first kappa shape index (κ1) is 16.2. The lowest BCUT2D eigenvalue weighted by atomic mass is 10.2. The number of thiol groups is 1. The summed E-state index contributed by atoms with van der Waals surface area (Å²) in [4.78, 5) is 22.3. The average Bonchev–Trinajstić information content (AvgIpc) is 2.24. The van der Waals surface area contributed by atoms with Crippen LogP contribution in [0.5, 0.6) is 0 Å². The molecule has 5 nitrogen and oxygen atoms in total. The van der Waals surface area contributed by atoms with Crippen LogP contribution in [0.25, 0.3) is 0 Å². The lowest BCUT2D eigenvalue weighted by Crippen LogP contribution is -2.42. The maximum absolute atomic E-state index is 11.5. The van der Waals surface area contributed by atoms with Gasteiger partial charge in [0.15, 0.2) is 0 Å². The monoisotopic (exact) mass is 263 g/mol. The molecule has 0 heterocycles. The summed E-state index contributed by atoms with van der Waals surface area (Å²) in [5, 5.41) is 2.46. The van der Waals surface area contributed by atoms with Crippen molar-refractivity contribution >= 4 is 24.5 Å². The smallest absolute Gasteiger partial charge is 0.329 e. The van der Waals surface area contributed by atoms with Crippen molar-refractivity contribution in [1.29, 1.82) is 0 Å². The number of esters is 1. The first-order valence-corrected chi connectivity index (χ1v) is 6.23. The van der Waals surface area contributed by atoms with Crippen LogP contribution in [0.3, 0.4) is 0 Å². The van der Waals surface area contributed by atoms with Crippen molar-refractivity contribution in [3.63, 3.8) is 0 Å². The lowest BCUT2D eigenvalue weighted by Gasteiger charge is -2.14. The van der Waals surface area contributed by atoms with Gasteiger partial charge in [-0.1, -0.05) is 13.8 Å². The maximum Gasteiger partial charge on any atom is 0.329 e. The Morgan fingerprint density at radius 1 is 1.29 bits per heavy atom. The second-order valence-corrected chi connectivity index (χ2v) is 4.44. The Morgan fingerprint density at radius 3 is 2.41 bits per heavy atom. The van der Waals surface area contributed by atoms with Crippen molar-refractivity contribution < 1.29 is 19.1 Å². The molecule has 1 atom stereocenters. The highest BCUT2D eigenvalue weighted by Gasteiger charge is 2.18. The SMILES string of the molecule is CC(=O)NC(CS)C(=O)OCCOCC(C)C. The molecule has 6 heteroatoms. The molecule has 0 aromatic heterocycles. The average molecular weight is 263 g/mol. The first-order valence-electron chi connectivity index (χ1n) is 5.59. The molecular formula is C11H21NO4S. The van der Waals surface area contributed by atoms with Crippen LogP contribution < -0.4 is 5.32 Å².